The molecule has 5 nitrogen and oxygen atoms in total. The fourth-order valence-electron chi connectivity index (χ4n) is 1.21. The van der Waals surface area contributed by atoms with E-state index in [1.807, 2.05) is 0 Å². The Morgan fingerprint density at radius 2 is 2.24 bits per heavy atom. The van der Waals surface area contributed by atoms with E-state index in [2.05, 4.69) is 5.32 Å². The minimum Gasteiger partial charge on any atom is -0.507 e. The zero-order valence-corrected chi connectivity index (χ0v) is 9.35. The fourth-order valence-corrected chi connectivity index (χ4v) is 1.21. The van der Waals surface area contributed by atoms with Crippen LogP contribution in [0.15, 0.2) is 18.2 Å². The van der Waals surface area contributed by atoms with Gasteiger partial charge in [0, 0.05) is 12.6 Å². The molecule has 17 heavy (non-hydrogen) atoms. The van der Waals surface area contributed by atoms with Gasteiger partial charge < -0.3 is 21.3 Å². The van der Waals surface area contributed by atoms with Gasteiger partial charge in [-0.2, -0.15) is 0 Å². The summed E-state index contributed by atoms with van der Waals surface area (Å²) < 4.78 is 13.3. The van der Waals surface area contributed by atoms with Crippen LogP contribution in [0.1, 0.15) is 17.3 Å². The molecule has 0 radical (unpaired) electrons. The molecule has 0 aromatic heterocycles. The summed E-state index contributed by atoms with van der Waals surface area (Å²) in [6.45, 7) is 1.47. The topological polar surface area (TPSA) is 95.6 Å². The van der Waals surface area contributed by atoms with Crippen molar-refractivity contribution >= 4 is 5.91 Å². The number of nitrogens with one attached hydrogen (secondary N) is 1. The second kappa shape index (κ2) is 5.60. The summed E-state index contributed by atoms with van der Waals surface area (Å²) in [6.07, 6.45) is -0.787. The molecule has 0 heterocycles. The van der Waals surface area contributed by atoms with Crippen LogP contribution in [0.2, 0.25) is 0 Å². The van der Waals surface area contributed by atoms with E-state index in [1.165, 1.54) is 19.1 Å². The quantitative estimate of drug-likeness (QED) is 0.596. The summed E-state index contributed by atoms with van der Waals surface area (Å²) in [5, 5.41) is 20.8. The molecule has 1 rings (SSSR count). The number of carbonyl (C=O) groups excluding carboxylic acids is 1. The first-order chi connectivity index (χ1) is 7.93. The van der Waals surface area contributed by atoms with Crippen LogP contribution in [-0.4, -0.2) is 34.8 Å². The van der Waals surface area contributed by atoms with Crippen molar-refractivity contribution in [2.24, 2.45) is 5.73 Å². The van der Waals surface area contributed by atoms with E-state index >= 15 is 0 Å². The van der Waals surface area contributed by atoms with Crippen molar-refractivity contribution in [3.05, 3.63) is 29.6 Å². The van der Waals surface area contributed by atoms with Crippen LogP contribution in [0.3, 0.4) is 0 Å². The van der Waals surface area contributed by atoms with Crippen molar-refractivity contribution in [1.29, 1.82) is 0 Å². The number of aliphatic hydroxyl groups is 1. The second-order valence-corrected chi connectivity index (χ2v) is 3.75. The zero-order chi connectivity index (χ0) is 13.0. The maximum Gasteiger partial charge on any atom is 0.258 e. The van der Waals surface area contributed by atoms with Crippen LogP contribution >= 0.6 is 0 Å². The van der Waals surface area contributed by atoms with Gasteiger partial charge in [-0.15, -0.1) is 0 Å². The Morgan fingerprint density at radius 1 is 1.59 bits per heavy atom. The molecule has 0 saturated heterocycles. The summed E-state index contributed by atoms with van der Waals surface area (Å²) in [5.41, 5.74) is 5.07. The van der Waals surface area contributed by atoms with Crippen molar-refractivity contribution in [3.8, 4) is 5.75 Å². The lowest BCUT2D eigenvalue weighted by Gasteiger charge is -2.15. The van der Waals surface area contributed by atoms with Crippen molar-refractivity contribution < 1.29 is 19.4 Å². The number of nitrogens with two attached hydrogens (primary N) is 1. The van der Waals surface area contributed by atoms with Crippen LogP contribution in [0.25, 0.3) is 0 Å². The Labute approximate surface area is 98.1 Å². The number of halogens is 1. The van der Waals surface area contributed by atoms with E-state index in [0.717, 1.165) is 6.07 Å². The Kier molecular flexibility index (Phi) is 4.42. The average Bonchev–Trinajstić information content (AvgIpc) is 2.25. The predicted octanol–water partition coefficient (Wildman–Crippen LogP) is -0.0308. The molecule has 1 aromatic carbocycles. The van der Waals surface area contributed by atoms with Crippen molar-refractivity contribution in [2.45, 2.75) is 19.1 Å². The summed E-state index contributed by atoms with van der Waals surface area (Å²) in [7, 11) is 0. The first-order valence-corrected chi connectivity index (χ1v) is 5.12. The lowest BCUT2D eigenvalue weighted by molar-refractivity contribution is 0.0931. The van der Waals surface area contributed by atoms with E-state index in [4.69, 9.17) is 10.8 Å². The Morgan fingerprint density at radius 3 is 2.76 bits per heavy atom. The van der Waals surface area contributed by atoms with Crippen LogP contribution in [0.5, 0.6) is 5.75 Å². The summed E-state index contributed by atoms with van der Waals surface area (Å²) in [5.74, 6) is -2.02. The van der Waals surface area contributed by atoms with Crippen LogP contribution in [0, 0.1) is 5.82 Å². The Hall–Kier alpha value is -1.66. The highest BCUT2D eigenvalue weighted by Crippen LogP contribution is 2.19. The molecular formula is C11H15FN2O3. The molecule has 1 aromatic rings. The van der Waals surface area contributed by atoms with Gasteiger partial charge in [0.25, 0.3) is 5.91 Å². The third-order valence-electron chi connectivity index (χ3n) is 2.34. The Bertz CT molecular complexity index is 389. The number of phenols is 1. The Balaban J connectivity index is 2.71. The van der Waals surface area contributed by atoms with Gasteiger partial charge in [0.05, 0.1) is 6.10 Å². The molecule has 0 bridgehead atoms. The van der Waals surface area contributed by atoms with Gasteiger partial charge in [-0.1, -0.05) is 6.07 Å². The molecule has 0 aliphatic rings. The third-order valence-corrected chi connectivity index (χ3v) is 2.34. The number of aromatic hydroxyl groups is 1. The number of amides is 1. The van der Waals surface area contributed by atoms with Gasteiger partial charge in [-0.25, -0.2) is 4.39 Å². The molecule has 6 heteroatoms. The first kappa shape index (κ1) is 13.4. The highest BCUT2D eigenvalue weighted by molar-refractivity contribution is 5.97. The molecule has 5 N–H and O–H groups in total. The average molecular weight is 242 g/mol. The number of benzene rings is 1. The lowest BCUT2D eigenvalue weighted by atomic mass is 10.1. The van der Waals surface area contributed by atoms with E-state index in [-0.39, 0.29) is 6.54 Å². The van der Waals surface area contributed by atoms with Gasteiger partial charge >= 0.3 is 0 Å². The molecule has 2 unspecified atom stereocenters. The van der Waals surface area contributed by atoms with E-state index in [1.54, 1.807) is 0 Å². The van der Waals surface area contributed by atoms with Gasteiger partial charge in [0.2, 0.25) is 0 Å². The summed E-state index contributed by atoms with van der Waals surface area (Å²) in [4.78, 5) is 11.6. The molecule has 94 valence electrons. The maximum atomic E-state index is 13.3. The second-order valence-electron chi connectivity index (χ2n) is 3.75. The number of hydrogen-bond donors (Lipinski definition) is 4. The minimum atomic E-state index is -0.812. The normalized spacial score (nSPS) is 14.1. The van der Waals surface area contributed by atoms with Crippen molar-refractivity contribution in [2.75, 3.05) is 6.54 Å². The highest BCUT2D eigenvalue weighted by atomic mass is 19.1. The van der Waals surface area contributed by atoms with Crippen LogP contribution in [0.4, 0.5) is 4.39 Å². The lowest BCUT2D eigenvalue weighted by Crippen LogP contribution is -2.43. The van der Waals surface area contributed by atoms with E-state index < -0.39 is 35.2 Å². The first-order valence-electron chi connectivity index (χ1n) is 5.12. The number of phenolic OH excluding ortho intramolecular Hbond substituents is 1. The fraction of sp³-hybridized carbons (Fsp3) is 0.364. The van der Waals surface area contributed by atoms with Gasteiger partial charge in [0.15, 0.2) is 0 Å². The predicted molar refractivity (Wildman–Crippen MR) is 60.1 cm³/mol. The van der Waals surface area contributed by atoms with E-state index in [9.17, 15) is 14.3 Å². The number of aliphatic hydroxyl groups excluding tert-OH is 1. The SMILES string of the molecule is CC(O)C(N)CNC(=O)c1c(O)cccc1F. The summed E-state index contributed by atoms with van der Waals surface area (Å²) in [6, 6.07) is 2.94. The summed E-state index contributed by atoms with van der Waals surface area (Å²) >= 11 is 0. The number of carbonyl (C=O) groups is 1. The number of rotatable bonds is 4. The standard InChI is InChI=1S/C11H15FN2O3/c1-6(15)8(13)5-14-11(17)10-7(12)3-2-4-9(10)16/h2-4,6,8,15-16H,5,13H2,1H3,(H,14,17). The molecule has 0 spiro atoms. The highest BCUT2D eigenvalue weighted by Gasteiger charge is 2.17. The molecule has 1 amide bonds. The largest absolute Gasteiger partial charge is 0.507 e. The molecule has 2 atom stereocenters. The smallest absolute Gasteiger partial charge is 0.258 e. The van der Waals surface area contributed by atoms with Gasteiger partial charge in [-0.05, 0) is 19.1 Å². The third kappa shape index (κ3) is 3.40. The van der Waals surface area contributed by atoms with Crippen molar-refractivity contribution in [1.82, 2.24) is 5.32 Å². The molecule has 0 aliphatic carbocycles. The van der Waals surface area contributed by atoms with Gasteiger partial charge in [0.1, 0.15) is 17.1 Å². The zero-order valence-electron chi connectivity index (χ0n) is 9.35. The van der Waals surface area contributed by atoms with Crippen LogP contribution in [-0.2, 0) is 0 Å². The molecule has 0 saturated carbocycles. The molecule has 0 fully saturated rings. The molecule has 0 aliphatic heterocycles. The maximum absolute atomic E-state index is 13.3. The van der Waals surface area contributed by atoms with E-state index in [0.29, 0.717) is 0 Å². The molecular weight excluding hydrogens is 227 g/mol. The van der Waals surface area contributed by atoms with Crippen LogP contribution < -0.4 is 11.1 Å². The van der Waals surface area contributed by atoms with Gasteiger partial charge in [-0.3, -0.25) is 4.79 Å². The van der Waals surface area contributed by atoms with Crippen molar-refractivity contribution in [3.63, 3.8) is 0 Å². The number of hydrogen-bond acceptors (Lipinski definition) is 4. The monoisotopic (exact) mass is 242 g/mol. The minimum absolute atomic E-state index is 0.00965.